The maximum atomic E-state index is 14.5. The summed E-state index contributed by atoms with van der Waals surface area (Å²) in [5, 5.41) is 13.2. The number of aliphatic hydroxyl groups is 1. The van der Waals surface area contributed by atoms with Crippen LogP contribution in [0.1, 0.15) is 47.7 Å². The summed E-state index contributed by atoms with van der Waals surface area (Å²) in [6, 6.07) is 3.11. The van der Waals surface area contributed by atoms with Crippen LogP contribution in [-0.2, 0) is 11.3 Å². The first kappa shape index (κ1) is 21.8. The van der Waals surface area contributed by atoms with Gasteiger partial charge in [-0.1, -0.05) is 6.07 Å². The molecule has 1 amide bonds. The van der Waals surface area contributed by atoms with E-state index < -0.39 is 42.3 Å². The molecule has 33 heavy (non-hydrogen) atoms. The molecule has 0 bridgehead atoms. The van der Waals surface area contributed by atoms with Gasteiger partial charge in [0.1, 0.15) is 36.0 Å². The molecule has 0 radical (unpaired) electrons. The molecule has 1 aromatic heterocycles. The third-order valence-corrected chi connectivity index (χ3v) is 6.66. The van der Waals surface area contributed by atoms with Crippen LogP contribution in [0.5, 0.6) is 0 Å². The summed E-state index contributed by atoms with van der Waals surface area (Å²) in [4.78, 5) is 27.8. The van der Waals surface area contributed by atoms with Crippen LogP contribution < -0.4 is 5.32 Å². The van der Waals surface area contributed by atoms with E-state index in [9.17, 15) is 23.1 Å². The maximum Gasteiger partial charge on any atom is 0.273 e. The minimum atomic E-state index is -1.25. The molecular formula is C23H24F3N5O2. The van der Waals surface area contributed by atoms with E-state index in [4.69, 9.17) is 0 Å². The van der Waals surface area contributed by atoms with E-state index >= 15 is 0 Å². The molecule has 1 saturated carbocycles. The van der Waals surface area contributed by atoms with Crippen LogP contribution in [0, 0.1) is 12.7 Å². The highest BCUT2D eigenvalue weighted by Gasteiger charge is 2.41. The highest BCUT2D eigenvalue weighted by atomic mass is 19.1. The van der Waals surface area contributed by atoms with Crippen LogP contribution in [0.3, 0.4) is 0 Å². The minimum Gasteiger partial charge on any atom is -0.391 e. The number of aliphatic hydroxyl groups excluding tert-OH is 1. The molecule has 2 N–H and O–H groups in total. The number of nitrogens with one attached hydrogen (secondary N) is 1. The zero-order chi connectivity index (χ0) is 23.3. The Kier molecular flexibility index (Phi) is 5.55. The van der Waals surface area contributed by atoms with E-state index in [2.05, 4.69) is 20.3 Å². The van der Waals surface area contributed by atoms with Gasteiger partial charge in [0.25, 0.3) is 5.91 Å². The van der Waals surface area contributed by atoms with Crippen molar-refractivity contribution in [1.29, 1.82) is 0 Å². The van der Waals surface area contributed by atoms with Crippen molar-refractivity contribution in [2.45, 2.75) is 63.3 Å². The highest BCUT2D eigenvalue weighted by molar-refractivity contribution is 6.47. The average molecular weight is 459 g/mol. The van der Waals surface area contributed by atoms with Crippen LogP contribution >= 0.6 is 0 Å². The van der Waals surface area contributed by atoms with Gasteiger partial charge in [0.15, 0.2) is 0 Å². The fourth-order valence-corrected chi connectivity index (χ4v) is 5.00. The highest BCUT2D eigenvalue weighted by Crippen LogP contribution is 2.37. The Bertz CT molecular complexity index is 1130. The molecule has 0 spiro atoms. The van der Waals surface area contributed by atoms with Gasteiger partial charge in [0, 0.05) is 19.3 Å². The fourth-order valence-electron chi connectivity index (χ4n) is 5.00. The monoisotopic (exact) mass is 459 g/mol. The SMILES string of the molecule is Cc1ccc(F)cc1[C@H]1C[C@H](F)CN1C(=O)C1=NCc2ncnc(N[C@@H]3C[C@@H](F)C[C@H]3O)c21. The molecule has 1 aromatic carbocycles. The van der Waals surface area contributed by atoms with Crippen molar-refractivity contribution in [2.75, 3.05) is 11.9 Å². The van der Waals surface area contributed by atoms with Gasteiger partial charge < -0.3 is 15.3 Å². The molecule has 1 aliphatic carbocycles. The van der Waals surface area contributed by atoms with Crippen molar-refractivity contribution in [3.8, 4) is 0 Å². The van der Waals surface area contributed by atoms with Crippen LogP contribution in [-0.4, -0.2) is 62.6 Å². The van der Waals surface area contributed by atoms with Crippen molar-refractivity contribution >= 4 is 17.4 Å². The van der Waals surface area contributed by atoms with Gasteiger partial charge >= 0.3 is 0 Å². The number of carbonyl (C=O) groups is 1. The summed E-state index contributed by atoms with van der Waals surface area (Å²) in [5.41, 5.74) is 2.32. The number of rotatable bonds is 4. The first-order valence-electron chi connectivity index (χ1n) is 11.0. The maximum absolute atomic E-state index is 14.5. The summed E-state index contributed by atoms with van der Waals surface area (Å²) in [6.45, 7) is 1.82. The van der Waals surface area contributed by atoms with Gasteiger partial charge in [-0.2, -0.15) is 0 Å². The molecule has 2 fully saturated rings. The second-order valence-corrected chi connectivity index (χ2v) is 8.90. The van der Waals surface area contributed by atoms with Gasteiger partial charge in [-0.15, -0.1) is 0 Å². The Balaban J connectivity index is 1.45. The average Bonchev–Trinajstić information content (AvgIpc) is 3.46. The van der Waals surface area contributed by atoms with Gasteiger partial charge in [-0.3, -0.25) is 9.79 Å². The zero-order valence-electron chi connectivity index (χ0n) is 18.0. The number of alkyl halides is 2. The van der Waals surface area contributed by atoms with Gasteiger partial charge in [-0.05, 0) is 30.2 Å². The number of nitrogens with zero attached hydrogens (tertiary/aromatic N) is 4. The van der Waals surface area contributed by atoms with Crippen molar-refractivity contribution in [2.24, 2.45) is 4.99 Å². The third kappa shape index (κ3) is 3.96. The number of halogens is 3. The summed E-state index contributed by atoms with van der Waals surface area (Å²) in [7, 11) is 0. The lowest BCUT2D eigenvalue weighted by Crippen LogP contribution is -2.38. The van der Waals surface area contributed by atoms with Crippen LogP contribution in [0.15, 0.2) is 29.5 Å². The number of aromatic nitrogens is 2. The molecule has 5 atom stereocenters. The van der Waals surface area contributed by atoms with Crippen molar-refractivity contribution in [3.05, 3.63) is 52.7 Å². The van der Waals surface area contributed by atoms with E-state index in [1.54, 1.807) is 13.0 Å². The quantitative estimate of drug-likeness (QED) is 0.734. The number of carbonyl (C=O) groups excluding carboxylic acids is 1. The smallest absolute Gasteiger partial charge is 0.273 e. The molecule has 5 rings (SSSR count). The molecule has 3 heterocycles. The van der Waals surface area contributed by atoms with Crippen LogP contribution in [0.25, 0.3) is 0 Å². The van der Waals surface area contributed by atoms with E-state index in [-0.39, 0.29) is 43.9 Å². The van der Waals surface area contributed by atoms with Gasteiger partial charge in [0.05, 0.1) is 42.5 Å². The Morgan fingerprint density at radius 1 is 1.18 bits per heavy atom. The van der Waals surface area contributed by atoms with Crippen LogP contribution in [0.2, 0.25) is 0 Å². The van der Waals surface area contributed by atoms with E-state index in [0.29, 0.717) is 16.8 Å². The summed E-state index contributed by atoms with van der Waals surface area (Å²) >= 11 is 0. The number of amides is 1. The van der Waals surface area contributed by atoms with Crippen molar-refractivity contribution in [3.63, 3.8) is 0 Å². The number of likely N-dealkylation sites (tertiary alicyclic amines) is 1. The van der Waals surface area contributed by atoms with Gasteiger partial charge in [-0.25, -0.2) is 23.1 Å². The van der Waals surface area contributed by atoms with Gasteiger partial charge in [0.2, 0.25) is 0 Å². The molecular weight excluding hydrogens is 435 g/mol. The first-order chi connectivity index (χ1) is 15.8. The third-order valence-electron chi connectivity index (χ3n) is 6.66. The fraction of sp³-hybridized carbons (Fsp3) is 0.478. The molecule has 7 nitrogen and oxygen atoms in total. The molecule has 10 heteroatoms. The summed E-state index contributed by atoms with van der Waals surface area (Å²) in [5.74, 6) is -0.650. The number of aryl methyl sites for hydroxylation is 1. The first-order valence-corrected chi connectivity index (χ1v) is 11.0. The number of benzene rings is 1. The topological polar surface area (TPSA) is 90.7 Å². The van der Waals surface area contributed by atoms with Crippen molar-refractivity contribution in [1.82, 2.24) is 14.9 Å². The largest absolute Gasteiger partial charge is 0.391 e. The normalized spacial score (nSPS) is 28.7. The predicted molar refractivity (Wildman–Crippen MR) is 115 cm³/mol. The molecule has 174 valence electrons. The zero-order valence-corrected chi connectivity index (χ0v) is 18.0. The Hall–Kier alpha value is -3.01. The van der Waals surface area contributed by atoms with Crippen molar-refractivity contribution < 1.29 is 23.1 Å². The Morgan fingerprint density at radius 2 is 2.00 bits per heavy atom. The lowest BCUT2D eigenvalue weighted by Gasteiger charge is -2.26. The lowest BCUT2D eigenvalue weighted by atomic mass is 9.98. The molecule has 1 saturated heterocycles. The molecule has 2 aliphatic heterocycles. The molecule has 2 aromatic rings. The lowest BCUT2D eigenvalue weighted by molar-refractivity contribution is -0.125. The van der Waals surface area contributed by atoms with E-state index in [1.807, 2.05) is 0 Å². The summed E-state index contributed by atoms with van der Waals surface area (Å²) in [6.07, 6.45) is -1.70. The number of fused-ring (bicyclic) bond motifs is 1. The van der Waals surface area contributed by atoms with Crippen LogP contribution in [0.4, 0.5) is 19.0 Å². The Labute approximate surface area is 188 Å². The second kappa shape index (κ2) is 8.40. The van der Waals surface area contributed by atoms with E-state index in [1.165, 1.54) is 23.4 Å². The second-order valence-electron chi connectivity index (χ2n) is 8.90. The van der Waals surface area contributed by atoms with E-state index in [0.717, 1.165) is 5.56 Å². The molecule has 0 unspecified atom stereocenters. The minimum absolute atomic E-state index is 0.0329. The number of hydrogen-bond acceptors (Lipinski definition) is 6. The molecule has 3 aliphatic rings. The summed E-state index contributed by atoms with van der Waals surface area (Å²) < 4.78 is 42.2. The number of aliphatic imine (C=N–C) groups is 1. The number of anilines is 1. The number of hydrogen-bond donors (Lipinski definition) is 2. The Morgan fingerprint density at radius 3 is 2.76 bits per heavy atom. The predicted octanol–water partition coefficient (Wildman–Crippen LogP) is 2.81. The standard InChI is InChI=1S/C23H24F3N5O2/c1-11-2-3-12(24)4-15(11)18-6-14(26)9-31(18)23(33)21-20-17(8-27-21)28-10-29-22(20)30-16-5-13(25)7-19(16)32/h2-4,10,13-14,16,18-19,32H,5-9H2,1H3,(H,28,29,30)/t13-,14+,16-,18-,19-/m1/s1.